The molecule has 5 rings (SSSR count). The van der Waals surface area contributed by atoms with Crippen molar-refractivity contribution < 1.29 is 9.59 Å². The lowest BCUT2D eigenvalue weighted by molar-refractivity contribution is -0.116. The number of imidazole rings is 1. The number of amides is 2. The Balaban J connectivity index is 1.53. The Kier molecular flexibility index (Phi) is 5.69. The first-order chi connectivity index (χ1) is 16.9. The fraction of sp³-hybridized carbons (Fsp3) is 0.200. The van der Waals surface area contributed by atoms with Crippen LogP contribution in [-0.2, 0) is 4.79 Å². The molecule has 4 heterocycles. The molecule has 0 radical (unpaired) electrons. The van der Waals surface area contributed by atoms with Crippen LogP contribution in [0.2, 0.25) is 0 Å². The lowest BCUT2D eigenvalue weighted by Crippen LogP contribution is -2.18. The van der Waals surface area contributed by atoms with E-state index in [4.69, 9.17) is 0 Å². The van der Waals surface area contributed by atoms with Crippen LogP contribution >= 0.6 is 0 Å². The number of H-pyrrole nitrogens is 2. The highest BCUT2D eigenvalue weighted by Crippen LogP contribution is 2.30. The number of hydrogen-bond acceptors (Lipinski definition) is 6. The summed E-state index contributed by atoms with van der Waals surface area (Å²) in [6, 6.07) is 9.21. The zero-order valence-corrected chi connectivity index (χ0v) is 19.5. The highest BCUT2D eigenvalue weighted by molar-refractivity contribution is 6.05. The zero-order valence-electron chi connectivity index (χ0n) is 19.5. The number of aromatic nitrogens is 6. The molecular weight excluding hydrogens is 444 g/mol. The number of carbonyl (C=O) groups is 2. The molecule has 0 spiro atoms. The van der Waals surface area contributed by atoms with Gasteiger partial charge in [0.1, 0.15) is 11.2 Å². The van der Waals surface area contributed by atoms with Crippen molar-refractivity contribution in [2.24, 2.45) is 5.92 Å². The Morgan fingerprint density at radius 1 is 1.09 bits per heavy atom. The van der Waals surface area contributed by atoms with Gasteiger partial charge in [0.25, 0.3) is 5.91 Å². The maximum atomic E-state index is 12.3. The number of fused-ring (bicyclic) bond motifs is 2. The third-order valence-corrected chi connectivity index (χ3v) is 5.57. The summed E-state index contributed by atoms with van der Waals surface area (Å²) < 4.78 is 0. The molecule has 0 saturated heterocycles. The van der Waals surface area contributed by atoms with Crippen molar-refractivity contribution in [2.75, 3.05) is 12.4 Å². The van der Waals surface area contributed by atoms with Crippen molar-refractivity contribution in [2.45, 2.75) is 20.3 Å². The van der Waals surface area contributed by atoms with E-state index in [0.29, 0.717) is 40.4 Å². The Labute approximate surface area is 200 Å². The lowest BCUT2D eigenvalue weighted by Gasteiger charge is -2.08. The van der Waals surface area contributed by atoms with Crippen molar-refractivity contribution in [3.05, 3.63) is 54.5 Å². The van der Waals surface area contributed by atoms with Gasteiger partial charge in [-0.25, -0.2) is 9.97 Å². The van der Waals surface area contributed by atoms with Gasteiger partial charge in [0.2, 0.25) is 5.91 Å². The minimum atomic E-state index is -0.211. The summed E-state index contributed by atoms with van der Waals surface area (Å²) in [4.78, 5) is 41.1. The number of anilines is 1. The minimum Gasteiger partial charge on any atom is -0.355 e. The number of rotatable bonds is 6. The molecule has 10 heteroatoms. The second-order valence-electron chi connectivity index (χ2n) is 8.67. The van der Waals surface area contributed by atoms with E-state index in [0.717, 1.165) is 22.0 Å². The fourth-order valence-electron chi connectivity index (χ4n) is 3.95. The molecule has 176 valence electrons. The molecule has 1 aromatic carbocycles. The van der Waals surface area contributed by atoms with Crippen LogP contribution in [0, 0.1) is 5.92 Å². The maximum Gasteiger partial charge on any atom is 0.253 e. The molecule has 4 N–H and O–H groups in total. The van der Waals surface area contributed by atoms with Crippen LogP contribution in [-0.4, -0.2) is 49.0 Å². The first-order valence-corrected chi connectivity index (χ1v) is 11.2. The average Bonchev–Trinajstić information content (AvgIpc) is 3.46. The van der Waals surface area contributed by atoms with E-state index in [2.05, 4.69) is 40.8 Å². The van der Waals surface area contributed by atoms with Gasteiger partial charge in [0.15, 0.2) is 11.5 Å². The monoisotopic (exact) mass is 468 g/mol. The number of para-hydroxylation sites is 1. The van der Waals surface area contributed by atoms with E-state index < -0.39 is 0 Å². The van der Waals surface area contributed by atoms with Gasteiger partial charge in [-0.15, -0.1) is 0 Å². The molecule has 0 atom stereocenters. The molecule has 0 aliphatic rings. The molecule has 2 amide bonds. The van der Waals surface area contributed by atoms with Gasteiger partial charge >= 0.3 is 0 Å². The standard InChI is InChI=1S/C25H24N8O2/c1-13(2)7-20(34)29-16-8-14(10-27-12-16)15-9-18-22(32-33-23(18)28-11-15)24-30-19-6-4-5-17(21(19)31-24)25(35)26-3/h4-6,8-13H,7H2,1-3H3,(H,26,35)(H,29,34)(H,30,31)(H,28,32,33). The van der Waals surface area contributed by atoms with E-state index in [1.807, 2.05) is 32.0 Å². The second-order valence-corrected chi connectivity index (χ2v) is 8.67. The van der Waals surface area contributed by atoms with Crippen LogP contribution in [0.5, 0.6) is 0 Å². The summed E-state index contributed by atoms with van der Waals surface area (Å²) in [5, 5.41) is 13.7. The first kappa shape index (κ1) is 22.2. The number of nitrogens with zero attached hydrogens (tertiary/aromatic N) is 4. The van der Waals surface area contributed by atoms with Crippen LogP contribution in [0.1, 0.15) is 30.6 Å². The first-order valence-electron chi connectivity index (χ1n) is 11.2. The normalized spacial score (nSPS) is 11.3. The van der Waals surface area contributed by atoms with Crippen molar-refractivity contribution in [1.82, 2.24) is 35.5 Å². The van der Waals surface area contributed by atoms with Crippen LogP contribution in [0.4, 0.5) is 5.69 Å². The summed E-state index contributed by atoms with van der Waals surface area (Å²) in [5.41, 5.74) is 5.21. The Morgan fingerprint density at radius 3 is 2.71 bits per heavy atom. The van der Waals surface area contributed by atoms with Gasteiger partial charge in [-0.05, 0) is 30.2 Å². The molecule has 0 bridgehead atoms. The quantitative estimate of drug-likeness (QED) is 0.298. The third-order valence-electron chi connectivity index (χ3n) is 5.57. The highest BCUT2D eigenvalue weighted by Gasteiger charge is 2.18. The average molecular weight is 469 g/mol. The summed E-state index contributed by atoms with van der Waals surface area (Å²) in [7, 11) is 1.59. The molecular formula is C25H24N8O2. The summed E-state index contributed by atoms with van der Waals surface area (Å²) in [6.45, 7) is 4.00. The Morgan fingerprint density at radius 2 is 1.91 bits per heavy atom. The molecule has 0 fully saturated rings. The largest absolute Gasteiger partial charge is 0.355 e. The van der Waals surface area contributed by atoms with Gasteiger partial charge in [-0.2, -0.15) is 5.10 Å². The molecule has 0 aliphatic heterocycles. The van der Waals surface area contributed by atoms with E-state index >= 15 is 0 Å². The number of aromatic amines is 2. The predicted molar refractivity (Wildman–Crippen MR) is 134 cm³/mol. The Hall–Kier alpha value is -4.60. The minimum absolute atomic E-state index is 0.0503. The van der Waals surface area contributed by atoms with Crippen molar-refractivity contribution in [3.63, 3.8) is 0 Å². The highest BCUT2D eigenvalue weighted by atomic mass is 16.2. The van der Waals surface area contributed by atoms with Gasteiger partial charge < -0.3 is 15.6 Å². The van der Waals surface area contributed by atoms with Crippen LogP contribution in [0.25, 0.3) is 44.7 Å². The van der Waals surface area contributed by atoms with Gasteiger partial charge in [-0.3, -0.25) is 19.7 Å². The van der Waals surface area contributed by atoms with Crippen molar-refractivity contribution >= 4 is 39.6 Å². The van der Waals surface area contributed by atoms with Crippen LogP contribution in [0.3, 0.4) is 0 Å². The molecule has 0 aliphatic carbocycles. The Bertz CT molecular complexity index is 1570. The smallest absolute Gasteiger partial charge is 0.253 e. The van der Waals surface area contributed by atoms with E-state index in [1.54, 1.807) is 37.8 Å². The molecule has 35 heavy (non-hydrogen) atoms. The van der Waals surface area contributed by atoms with E-state index in [9.17, 15) is 9.59 Å². The number of hydrogen-bond donors (Lipinski definition) is 4. The molecule has 10 nitrogen and oxygen atoms in total. The second kappa shape index (κ2) is 8.98. The maximum absolute atomic E-state index is 12.3. The summed E-state index contributed by atoms with van der Waals surface area (Å²) in [5.74, 6) is 0.528. The summed E-state index contributed by atoms with van der Waals surface area (Å²) in [6.07, 6.45) is 5.51. The fourth-order valence-corrected chi connectivity index (χ4v) is 3.95. The predicted octanol–water partition coefficient (Wildman–Crippen LogP) is 3.91. The van der Waals surface area contributed by atoms with Gasteiger partial charge in [0, 0.05) is 37.0 Å². The zero-order chi connectivity index (χ0) is 24.5. The number of pyridine rings is 2. The summed E-state index contributed by atoms with van der Waals surface area (Å²) >= 11 is 0. The van der Waals surface area contributed by atoms with Gasteiger partial charge in [-0.1, -0.05) is 19.9 Å². The van der Waals surface area contributed by atoms with Crippen molar-refractivity contribution in [3.8, 4) is 22.6 Å². The molecule has 0 saturated carbocycles. The van der Waals surface area contributed by atoms with E-state index in [1.165, 1.54) is 0 Å². The van der Waals surface area contributed by atoms with Crippen LogP contribution < -0.4 is 10.6 Å². The van der Waals surface area contributed by atoms with Crippen LogP contribution in [0.15, 0.2) is 48.9 Å². The molecule has 4 aromatic heterocycles. The number of carbonyl (C=O) groups excluding carboxylic acids is 2. The number of benzene rings is 1. The number of nitrogens with one attached hydrogen (secondary N) is 4. The topological polar surface area (TPSA) is 141 Å². The molecule has 5 aromatic rings. The lowest BCUT2D eigenvalue weighted by atomic mass is 10.1. The molecule has 0 unspecified atom stereocenters. The van der Waals surface area contributed by atoms with E-state index in [-0.39, 0.29) is 17.7 Å². The SMILES string of the molecule is CNC(=O)c1cccc2[nH]c(-c3n[nH]c4ncc(-c5cncc(NC(=O)CC(C)C)c5)cc34)nc12. The van der Waals surface area contributed by atoms with Crippen molar-refractivity contribution in [1.29, 1.82) is 0 Å². The third kappa shape index (κ3) is 4.33. The van der Waals surface area contributed by atoms with Gasteiger partial charge in [0.05, 0.1) is 28.4 Å².